The number of rotatable bonds is 17. The van der Waals surface area contributed by atoms with Crippen LogP contribution in [-0.4, -0.2) is 36.8 Å². The fourth-order valence-electron chi connectivity index (χ4n) is 3.89. The van der Waals surface area contributed by atoms with E-state index in [0.717, 1.165) is 25.9 Å². The smallest absolute Gasteiger partial charge is 0.223 e. The highest BCUT2D eigenvalue weighted by atomic mass is 32.1. The van der Waals surface area contributed by atoms with E-state index in [1.165, 1.54) is 49.9 Å². The molecule has 0 saturated carbocycles. The second-order valence-electron chi connectivity index (χ2n) is 8.37. The zero-order valence-electron chi connectivity index (χ0n) is 19.9. The van der Waals surface area contributed by atoms with Crippen molar-refractivity contribution in [3.05, 3.63) is 16.3 Å². The Balaban J connectivity index is 2.79. The highest BCUT2D eigenvalue weighted by Crippen LogP contribution is 2.26. The molecule has 0 aliphatic rings. The summed E-state index contributed by atoms with van der Waals surface area (Å²) in [5.41, 5.74) is 0. The van der Waals surface area contributed by atoms with E-state index in [2.05, 4.69) is 32.6 Å². The van der Waals surface area contributed by atoms with Crippen LogP contribution in [0.3, 0.4) is 0 Å². The molecule has 2 atom stereocenters. The molecule has 4 nitrogen and oxygen atoms in total. The van der Waals surface area contributed by atoms with Gasteiger partial charge in [-0.25, -0.2) is 0 Å². The summed E-state index contributed by atoms with van der Waals surface area (Å²) in [4.78, 5) is 28.5. The van der Waals surface area contributed by atoms with Gasteiger partial charge >= 0.3 is 0 Å². The summed E-state index contributed by atoms with van der Waals surface area (Å²) in [5, 5.41) is 1.86. The molecule has 0 aromatic carbocycles. The van der Waals surface area contributed by atoms with E-state index in [0.29, 0.717) is 22.5 Å². The lowest BCUT2D eigenvalue weighted by Gasteiger charge is -2.31. The van der Waals surface area contributed by atoms with Crippen LogP contribution >= 0.6 is 11.3 Å². The van der Waals surface area contributed by atoms with Gasteiger partial charge in [-0.3, -0.25) is 9.59 Å². The van der Waals surface area contributed by atoms with E-state index in [1.54, 1.807) is 7.11 Å². The lowest BCUT2D eigenvalue weighted by atomic mass is 9.95. The van der Waals surface area contributed by atoms with E-state index in [1.807, 2.05) is 11.4 Å². The molecule has 1 aromatic rings. The first kappa shape index (κ1) is 26.7. The molecule has 172 valence electrons. The number of amides is 1. The lowest BCUT2D eigenvalue weighted by molar-refractivity contribution is -0.132. The fourth-order valence-corrected chi connectivity index (χ4v) is 4.72. The minimum absolute atomic E-state index is 0.00574. The molecular formula is C25H43NO3S. The summed E-state index contributed by atoms with van der Waals surface area (Å²) < 4.78 is 5.26. The molecule has 0 radical (unpaired) electrons. The van der Waals surface area contributed by atoms with Crippen LogP contribution in [0.15, 0.2) is 11.4 Å². The van der Waals surface area contributed by atoms with Crippen molar-refractivity contribution in [2.45, 2.75) is 91.9 Å². The van der Waals surface area contributed by atoms with Crippen LogP contribution in [0.4, 0.5) is 0 Å². The zero-order chi connectivity index (χ0) is 22.4. The van der Waals surface area contributed by atoms with Crippen LogP contribution in [0, 0.1) is 11.8 Å². The van der Waals surface area contributed by atoms with Crippen molar-refractivity contribution >= 4 is 23.0 Å². The number of carbonyl (C=O) groups is 2. The molecule has 2 unspecified atom stereocenters. The molecule has 0 spiro atoms. The van der Waals surface area contributed by atoms with Gasteiger partial charge in [0, 0.05) is 25.9 Å². The lowest BCUT2D eigenvalue weighted by Crippen LogP contribution is -2.39. The van der Waals surface area contributed by atoms with Gasteiger partial charge in [0.25, 0.3) is 0 Å². The molecular weight excluding hydrogens is 394 g/mol. The quantitative estimate of drug-likeness (QED) is 0.247. The first-order valence-electron chi connectivity index (χ1n) is 11.9. The average molecular weight is 438 g/mol. The Bertz CT molecular complexity index is 595. The summed E-state index contributed by atoms with van der Waals surface area (Å²) >= 11 is 1.39. The molecule has 0 aliphatic carbocycles. The maximum absolute atomic E-state index is 13.2. The molecule has 0 saturated heterocycles. The van der Waals surface area contributed by atoms with Gasteiger partial charge in [0.2, 0.25) is 5.91 Å². The second-order valence-corrected chi connectivity index (χ2v) is 9.29. The molecule has 1 rings (SSSR count). The number of carbonyl (C=O) groups excluding carboxylic acids is 2. The van der Waals surface area contributed by atoms with Crippen molar-refractivity contribution in [2.24, 2.45) is 11.8 Å². The van der Waals surface area contributed by atoms with Gasteiger partial charge in [0.05, 0.1) is 7.11 Å². The fraction of sp³-hybridized carbons (Fsp3) is 0.760. The SMILES string of the molecule is CCCCC(CC)CN(CC(CC)CCCC)C(=O)CCC(=O)c1sccc1OC. The van der Waals surface area contributed by atoms with Gasteiger partial charge in [-0.15, -0.1) is 11.3 Å². The van der Waals surface area contributed by atoms with Gasteiger partial charge in [0.1, 0.15) is 10.6 Å². The predicted octanol–water partition coefficient (Wildman–Crippen LogP) is 6.98. The summed E-state index contributed by atoms with van der Waals surface area (Å²) in [6, 6.07) is 1.81. The van der Waals surface area contributed by atoms with Gasteiger partial charge in [0.15, 0.2) is 5.78 Å². The number of hydrogen-bond donors (Lipinski definition) is 0. The van der Waals surface area contributed by atoms with Gasteiger partial charge in [-0.1, -0.05) is 66.2 Å². The van der Waals surface area contributed by atoms with Gasteiger partial charge in [-0.05, 0) is 36.1 Å². The summed E-state index contributed by atoms with van der Waals surface area (Å²) in [6.07, 6.45) is 9.89. The first-order valence-corrected chi connectivity index (χ1v) is 12.8. The second kappa shape index (κ2) is 15.4. The largest absolute Gasteiger partial charge is 0.495 e. The van der Waals surface area contributed by atoms with Crippen LogP contribution in [-0.2, 0) is 4.79 Å². The molecule has 1 heterocycles. The third kappa shape index (κ3) is 9.20. The number of unbranched alkanes of at least 4 members (excludes halogenated alkanes) is 2. The van der Waals surface area contributed by atoms with Crippen LogP contribution in [0.25, 0.3) is 0 Å². The van der Waals surface area contributed by atoms with Crippen molar-refractivity contribution in [2.75, 3.05) is 20.2 Å². The molecule has 30 heavy (non-hydrogen) atoms. The van der Waals surface area contributed by atoms with Gasteiger partial charge in [-0.2, -0.15) is 0 Å². The summed E-state index contributed by atoms with van der Waals surface area (Å²) in [6.45, 7) is 10.5. The number of ketones is 1. The monoisotopic (exact) mass is 437 g/mol. The Hall–Kier alpha value is -1.36. The minimum atomic E-state index is 0.00574. The number of methoxy groups -OCH3 is 1. The van der Waals surface area contributed by atoms with Crippen LogP contribution < -0.4 is 4.74 Å². The van der Waals surface area contributed by atoms with Crippen molar-refractivity contribution in [1.82, 2.24) is 4.90 Å². The minimum Gasteiger partial charge on any atom is -0.495 e. The van der Waals surface area contributed by atoms with Gasteiger partial charge < -0.3 is 9.64 Å². The summed E-state index contributed by atoms with van der Waals surface area (Å²) in [7, 11) is 1.58. The number of hydrogen-bond acceptors (Lipinski definition) is 4. The maximum atomic E-state index is 13.2. The molecule has 0 aliphatic heterocycles. The maximum Gasteiger partial charge on any atom is 0.223 e. The van der Waals surface area contributed by atoms with Crippen molar-refractivity contribution < 1.29 is 14.3 Å². The average Bonchev–Trinajstić information content (AvgIpc) is 3.25. The van der Waals surface area contributed by atoms with Crippen LogP contribution in [0.1, 0.15) is 102 Å². The van der Waals surface area contributed by atoms with E-state index < -0.39 is 0 Å². The van der Waals surface area contributed by atoms with E-state index in [9.17, 15) is 9.59 Å². The van der Waals surface area contributed by atoms with Crippen LogP contribution in [0.2, 0.25) is 0 Å². The Kier molecular flexibility index (Phi) is 13.7. The molecule has 0 N–H and O–H groups in total. The highest BCUT2D eigenvalue weighted by molar-refractivity contribution is 7.12. The zero-order valence-corrected chi connectivity index (χ0v) is 20.7. The van der Waals surface area contributed by atoms with Crippen molar-refractivity contribution in [1.29, 1.82) is 0 Å². The predicted molar refractivity (Wildman–Crippen MR) is 128 cm³/mol. The number of Topliss-reactive ketones (excluding diaryl/α,β-unsaturated/α-hetero) is 1. The Morgan fingerprint density at radius 1 is 0.967 bits per heavy atom. The van der Waals surface area contributed by atoms with Crippen molar-refractivity contribution in [3.8, 4) is 5.75 Å². The Morgan fingerprint density at radius 3 is 2.00 bits per heavy atom. The highest BCUT2D eigenvalue weighted by Gasteiger charge is 2.23. The first-order chi connectivity index (χ1) is 14.5. The van der Waals surface area contributed by atoms with E-state index in [4.69, 9.17) is 4.74 Å². The van der Waals surface area contributed by atoms with Crippen LogP contribution in [0.5, 0.6) is 5.75 Å². The molecule has 1 amide bonds. The molecule has 5 heteroatoms. The molecule has 0 bridgehead atoms. The normalized spacial score (nSPS) is 13.1. The Labute approximate surface area is 188 Å². The van der Waals surface area contributed by atoms with Crippen molar-refractivity contribution in [3.63, 3.8) is 0 Å². The third-order valence-electron chi connectivity index (χ3n) is 6.06. The number of nitrogens with zero attached hydrogens (tertiary/aromatic N) is 1. The number of ether oxygens (including phenoxy) is 1. The topological polar surface area (TPSA) is 46.6 Å². The summed E-state index contributed by atoms with van der Waals surface area (Å²) in [5.74, 6) is 1.84. The van der Waals surface area contributed by atoms with E-state index in [-0.39, 0.29) is 24.5 Å². The standard InChI is InChI=1S/C25H43NO3S/c1-6-10-12-20(8-3)18-26(19-21(9-4)13-11-7-2)24(28)15-14-22(27)25-23(29-5)16-17-30-25/h16-17,20-21H,6-15,18-19H2,1-5H3. The Morgan fingerprint density at radius 2 is 1.53 bits per heavy atom. The molecule has 0 fully saturated rings. The number of thiophene rings is 1. The molecule has 1 aromatic heterocycles. The third-order valence-corrected chi connectivity index (χ3v) is 7.00. The van der Waals surface area contributed by atoms with E-state index >= 15 is 0 Å².